The Morgan fingerprint density at radius 2 is 0.986 bits per heavy atom. The van der Waals surface area contributed by atoms with Crippen LogP contribution in [-0.2, 0) is 38.4 Å². The first-order valence-electron chi connectivity index (χ1n) is 22.0. The minimum atomic E-state index is -1.16. The molecule has 356 valence electrons. The highest BCUT2D eigenvalue weighted by Gasteiger charge is 2.56. The number of carbonyl (C=O) groups is 4. The minimum Gasteiger partial charge on any atom is -0.485 e. The van der Waals surface area contributed by atoms with E-state index in [-0.39, 0.29) is 59.7 Å². The van der Waals surface area contributed by atoms with Crippen LogP contribution in [0.4, 0.5) is 34.9 Å². The third kappa shape index (κ3) is 11.2. The molecule has 14 nitrogen and oxygen atoms in total. The molecule has 10 rings (SSSR count). The number of pyridine rings is 2. The molecule has 0 radical (unpaired) electrons. The Morgan fingerprint density at radius 1 is 0.565 bits per heavy atom. The van der Waals surface area contributed by atoms with E-state index < -0.39 is 28.4 Å². The molecule has 69 heavy (non-hydrogen) atoms. The van der Waals surface area contributed by atoms with Crippen LogP contribution in [0.2, 0.25) is 0 Å². The van der Waals surface area contributed by atoms with E-state index in [9.17, 15) is 36.7 Å². The lowest BCUT2D eigenvalue weighted by Crippen LogP contribution is -2.28. The Balaban J connectivity index is 0.000000154. The highest BCUT2D eigenvalue weighted by Crippen LogP contribution is 2.49. The molecule has 6 aromatic rings. The number of nitrogens with two attached hydrogens (primary N) is 1. The molecule has 2 fully saturated rings. The molecule has 0 atom stereocenters. The second-order valence-corrected chi connectivity index (χ2v) is 16.7. The number of carbonyl (C=O) groups excluding carboxylic acids is 3. The number of carboxylic acid groups (broad SMARTS) is 1. The fourth-order valence-corrected chi connectivity index (χ4v) is 7.61. The van der Waals surface area contributed by atoms with Crippen LogP contribution >= 0.6 is 0 Å². The topological polar surface area (TPSA) is 201 Å². The van der Waals surface area contributed by atoms with E-state index in [1.54, 1.807) is 48.8 Å². The molecule has 2 aliphatic heterocycles. The van der Waals surface area contributed by atoms with Gasteiger partial charge in [0.15, 0.2) is 63.6 Å². The van der Waals surface area contributed by atoms with Gasteiger partial charge in [-0.15, -0.1) is 0 Å². The van der Waals surface area contributed by atoms with Gasteiger partial charge in [-0.2, -0.15) is 0 Å². The average Bonchev–Trinajstić information content (AvgIpc) is 4.29. The second-order valence-electron chi connectivity index (χ2n) is 16.7. The third-order valence-electron chi connectivity index (χ3n) is 11.8. The normalized spacial score (nSPS) is 15.1. The molecule has 0 bridgehead atoms. The number of rotatable bonds is 14. The van der Waals surface area contributed by atoms with Gasteiger partial charge in [0.1, 0.15) is 30.3 Å². The molecule has 4 heterocycles. The molecule has 18 heteroatoms. The molecule has 5 N–H and O–H groups in total. The number of carboxylic acids is 1. The van der Waals surface area contributed by atoms with Gasteiger partial charge in [-0.05, 0) is 90.9 Å². The smallest absolute Gasteiger partial charge is 0.317 e. The van der Waals surface area contributed by atoms with Crippen molar-refractivity contribution in [3.63, 3.8) is 0 Å². The van der Waals surface area contributed by atoms with Gasteiger partial charge < -0.3 is 40.4 Å². The number of Topliss-reactive ketones (excluding diaryl/α,β-unsaturated/α-hetero) is 3. The average molecular weight is 948 g/mol. The molecular formula is C51H45F4N5O9. The number of nitrogen functional groups attached to an aromatic ring is 1. The highest BCUT2D eigenvalue weighted by atomic mass is 19.1. The number of aliphatic carboxylic acids is 1. The van der Waals surface area contributed by atoms with Crippen molar-refractivity contribution in [2.24, 2.45) is 10.8 Å². The summed E-state index contributed by atoms with van der Waals surface area (Å²) in [5.41, 5.74) is 5.43. The van der Waals surface area contributed by atoms with Gasteiger partial charge in [0.25, 0.3) is 0 Å². The van der Waals surface area contributed by atoms with E-state index in [1.165, 1.54) is 60.7 Å². The molecule has 2 saturated carbocycles. The Labute approximate surface area is 392 Å². The maximum Gasteiger partial charge on any atom is 0.317 e. The van der Waals surface area contributed by atoms with Gasteiger partial charge in [-0.1, -0.05) is 30.3 Å². The van der Waals surface area contributed by atoms with Crippen LogP contribution in [-0.4, -0.2) is 64.7 Å². The summed E-state index contributed by atoms with van der Waals surface area (Å²) >= 11 is 0. The third-order valence-corrected chi connectivity index (χ3v) is 11.8. The first kappa shape index (κ1) is 47.5. The predicted octanol–water partition coefficient (Wildman–Crippen LogP) is 8.86. The molecule has 4 aromatic carbocycles. The first-order valence-corrected chi connectivity index (χ1v) is 22.0. The number of aromatic nitrogens is 2. The Hall–Kier alpha value is -8.02. The number of ketones is 3. The summed E-state index contributed by atoms with van der Waals surface area (Å²) in [6.07, 6.45) is 5.00. The zero-order valence-corrected chi connectivity index (χ0v) is 36.9. The summed E-state index contributed by atoms with van der Waals surface area (Å²) in [6.45, 7) is 2.26. The Kier molecular flexibility index (Phi) is 14.1. The van der Waals surface area contributed by atoms with Crippen molar-refractivity contribution < 1.29 is 60.8 Å². The standard InChI is InChI=1S/C26H22F2N2O4.C13H12FN3O2.C12H11FO3/c27-18-4-1-16(2-5-18)14-22(31)26(8-9-26)23(32)15-17-3-6-20(19(28)13-17)34-21-7-10-29-25-24(21)33-12-11-30-25;14-9-7-8(15)1-2-10(9)19-11-3-4-16-13-12(11)18-6-5-17-13;13-9-3-1-8(2-4-9)7-10(14)12(5-6-12)11(15)16/h1-7,10,13H,8-9,11-12,14-15H2,(H,29,30);1-4,7H,5-6,15H2,(H,16,17);1-4H,5-7H2,(H,15,16). The maximum atomic E-state index is 14.8. The van der Waals surface area contributed by atoms with Gasteiger partial charge in [0.2, 0.25) is 11.5 Å². The van der Waals surface area contributed by atoms with Crippen molar-refractivity contribution >= 4 is 40.6 Å². The minimum absolute atomic E-state index is 0.00714. The molecule has 2 aromatic heterocycles. The van der Waals surface area contributed by atoms with Crippen molar-refractivity contribution in [1.82, 2.24) is 9.97 Å². The monoisotopic (exact) mass is 947 g/mol. The highest BCUT2D eigenvalue weighted by molar-refractivity contribution is 6.11. The SMILES string of the molecule is Nc1ccc(Oc2ccnc3c2OCCN3)c(F)c1.O=C(Cc1ccc(F)cc1)C1(C(=O)Cc2ccc(Oc3ccnc4c3OCCN4)c(F)c2)CC1.O=C(O)C1(C(=O)Cc2ccc(F)cc2)CC1. The summed E-state index contributed by atoms with van der Waals surface area (Å²) in [6, 6.07) is 23.0. The van der Waals surface area contributed by atoms with Crippen LogP contribution in [0.1, 0.15) is 42.4 Å². The number of nitrogens with one attached hydrogen (secondary N) is 2. The largest absolute Gasteiger partial charge is 0.485 e. The molecule has 2 aliphatic carbocycles. The van der Waals surface area contributed by atoms with Crippen molar-refractivity contribution in [3.8, 4) is 34.5 Å². The number of anilines is 3. The van der Waals surface area contributed by atoms with Gasteiger partial charge in [-0.3, -0.25) is 19.2 Å². The van der Waals surface area contributed by atoms with Crippen LogP contribution in [0, 0.1) is 34.1 Å². The molecular weight excluding hydrogens is 903 g/mol. The van der Waals surface area contributed by atoms with E-state index in [0.717, 1.165) is 0 Å². The molecule has 0 unspecified atom stereocenters. The van der Waals surface area contributed by atoms with Crippen LogP contribution in [0.25, 0.3) is 0 Å². The molecule has 4 aliphatic rings. The van der Waals surface area contributed by atoms with Gasteiger partial charge in [-0.25, -0.2) is 27.5 Å². The fraction of sp³-hybridized carbons (Fsp3) is 0.255. The van der Waals surface area contributed by atoms with Crippen LogP contribution in [0.3, 0.4) is 0 Å². The summed E-state index contributed by atoms with van der Waals surface area (Å²) < 4.78 is 76.5. The number of ether oxygens (including phenoxy) is 4. The zero-order valence-electron chi connectivity index (χ0n) is 36.9. The van der Waals surface area contributed by atoms with Crippen molar-refractivity contribution in [1.29, 1.82) is 0 Å². The molecule has 0 saturated heterocycles. The van der Waals surface area contributed by atoms with Crippen molar-refractivity contribution in [3.05, 3.63) is 149 Å². The molecule has 0 amide bonds. The summed E-state index contributed by atoms with van der Waals surface area (Å²) in [7, 11) is 0. The van der Waals surface area contributed by atoms with Crippen molar-refractivity contribution in [2.45, 2.75) is 44.9 Å². The number of benzene rings is 4. The first-order chi connectivity index (χ1) is 33.2. The van der Waals surface area contributed by atoms with Gasteiger partial charge in [0.05, 0.1) is 18.5 Å². The maximum absolute atomic E-state index is 14.8. The summed E-state index contributed by atoms with van der Waals surface area (Å²) in [5, 5.41) is 15.1. The number of hydrogen-bond donors (Lipinski definition) is 4. The van der Waals surface area contributed by atoms with E-state index in [0.29, 0.717) is 109 Å². The summed E-state index contributed by atoms with van der Waals surface area (Å²) in [5.74, 6) is -0.739. The quantitative estimate of drug-likeness (QED) is 0.0458. The lowest BCUT2D eigenvalue weighted by atomic mass is 9.88. The van der Waals surface area contributed by atoms with E-state index in [1.807, 2.05) is 0 Å². The summed E-state index contributed by atoms with van der Waals surface area (Å²) in [4.78, 5) is 56.7. The lowest BCUT2D eigenvalue weighted by Gasteiger charge is -2.20. The van der Waals surface area contributed by atoms with Gasteiger partial charge >= 0.3 is 5.97 Å². The Bertz CT molecular complexity index is 2890. The van der Waals surface area contributed by atoms with E-state index in [4.69, 9.17) is 29.8 Å². The Morgan fingerprint density at radius 3 is 1.42 bits per heavy atom. The van der Waals surface area contributed by atoms with Crippen LogP contribution in [0.5, 0.6) is 34.5 Å². The number of nitrogens with zero attached hydrogens (tertiary/aromatic N) is 2. The number of fused-ring (bicyclic) bond motifs is 2. The van der Waals surface area contributed by atoms with E-state index in [2.05, 4.69) is 20.6 Å². The van der Waals surface area contributed by atoms with Gasteiger partial charge in [0, 0.05) is 55.5 Å². The van der Waals surface area contributed by atoms with Crippen LogP contribution in [0.15, 0.2) is 109 Å². The van der Waals surface area contributed by atoms with E-state index >= 15 is 0 Å². The predicted molar refractivity (Wildman–Crippen MR) is 244 cm³/mol. The lowest BCUT2D eigenvalue weighted by molar-refractivity contribution is -0.148. The number of halogens is 4. The molecule has 0 spiro atoms. The fourth-order valence-electron chi connectivity index (χ4n) is 7.61. The van der Waals surface area contributed by atoms with Crippen LogP contribution < -0.4 is 35.3 Å². The van der Waals surface area contributed by atoms with Crippen molar-refractivity contribution in [2.75, 3.05) is 42.7 Å². The number of hydrogen-bond acceptors (Lipinski definition) is 13. The second kappa shape index (κ2) is 20.5. The zero-order chi connectivity index (χ0) is 48.7.